The Morgan fingerprint density at radius 1 is 1.12 bits per heavy atom. The third-order valence-electron chi connectivity index (χ3n) is 2.96. The van der Waals surface area contributed by atoms with Crippen molar-refractivity contribution in [3.8, 4) is 6.07 Å². The number of halogens is 1. The van der Waals surface area contributed by atoms with Gasteiger partial charge in [0.1, 0.15) is 11.6 Å². The van der Waals surface area contributed by atoms with Crippen LogP contribution < -0.4 is 10.6 Å². The Morgan fingerprint density at radius 3 is 2.42 bits per heavy atom. The largest absolute Gasteiger partial charge is 0.478 e. The number of aromatic carboxylic acids is 1. The van der Waals surface area contributed by atoms with Gasteiger partial charge in [0.05, 0.1) is 5.56 Å². The fourth-order valence-corrected chi connectivity index (χ4v) is 1.97. The standard InChI is InChI=1S/C17H12ClN3O3/c18-13-2-1-3-15(8-13)20-10-12(9-19)16(22)21-14-6-4-11(5-7-14)17(23)24/h1-8,10,20H,(H,21,22)(H,23,24)/b12-10-. The highest BCUT2D eigenvalue weighted by atomic mass is 35.5. The van der Waals surface area contributed by atoms with Crippen molar-refractivity contribution in [1.29, 1.82) is 5.26 Å². The van der Waals surface area contributed by atoms with Crippen LogP contribution in [0.2, 0.25) is 5.02 Å². The van der Waals surface area contributed by atoms with Crippen molar-refractivity contribution in [1.82, 2.24) is 0 Å². The first-order valence-corrected chi connectivity index (χ1v) is 7.14. The minimum atomic E-state index is -1.06. The Labute approximate surface area is 143 Å². The third kappa shape index (κ3) is 4.60. The van der Waals surface area contributed by atoms with Crippen LogP contribution >= 0.6 is 11.6 Å². The van der Waals surface area contributed by atoms with Gasteiger partial charge in [0.2, 0.25) is 0 Å². The Balaban J connectivity index is 2.07. The van der Waals surface area contributed by atoms with Gasteiger partial charge in [-0.25, -0.2) is 4.79 Å². The van der Waals surface area contributed by atoms with Crippen molar-refractivity contribution in [3.63, 3.8) is 0 Å². The molecule has 0 spiro atoms. The molecule has 0 fully saturated rings. The molecule has 2 rings (SSSR count). The van der Waals surface area contributed by atoms with Crippen LogP contribution in [0.25, 0.3) is 0 Å². The molecule has 0 aromatic heterocycles. The Kier molecular flexibility index (Phi) is 5.55. The zero-order chi connectivity index (χ0) is 17.5. The van der Waals surface area contributed by atoms with Crippen molar-refractivity contribution in [2.45, 2.75) is 0 Å². The lowest BCUT2D eigenvalue weighted by Gasteiger charge is -2.06. The minimum absolute atomic E-state index is 0.103. The molecular formula is C17H12ClN3O3. The number of amides is 1. The lowest BCUT2D eigenvalue weighted by Crippen LogP contribution is -2.14. The van der Waals surface area contributed by atoms with Gasteiger partial charge in [0.25, 0.3) is 5.91 Å². The number of carbonyl (C=O) groups excluding carboxylic acids is 1. The third-order valence-corrected chi connectivity index (χ3v) is 3.20. The van der Waals surface area contributed by atoms with Crippen molar-refractivity contribution < 1.29 is 14.7 Å². The predicted octanol–water partition coefficient (Wildman–Crippen LogP) is 3.50. The summed E-state index contributed by atoms with van der Waals surface area (Å²) in [6, 6.07) is 14.2. The molecule has 7 heteroatoms. The number of carboxylic acids is 1. The lowest BCUT2D eigenvalue weighted by atomic mass is 10.2. The van der Waals surface area contributed by atoms with Gasteiger partial charge in [-0.05, 0) is 42.5 Å². The Bertz CT molecular complexity index is 839. The molecule has 2 aromatic carbocycles. The molecule has 0 radical (unpaired) electrons. The van der Waals surface area contributed by atoms with Gasteiger partial charge in [-0.15, -0.1) is 0 Å². The molecule has 3 N–H and O–H groups in total. The quantitative estimate of drug-likeness (QED) is 0.570. The molecule has 0 heterocycles. The zero-order valence-corrected chi connectivity index (χ0v) is 13.0. The maximum atomic E-state index is 12.1. The average molecular weight is 342 g/mol. The molecule has 2 aromatic rings. The summed E-state index contributed by atoms with van der Waals surface area (Å²) in [5.74, 6) is -1.67. The summed E-state index contributed by atoms with van der Waals surface area (Å²) in [4.78, 5) is 22.8. The van der Waals surface area contributed by atoms with Gasteiger partial charge in [0.15, 0.2) is 0 Å². The number of benzene rings is 2. The number of nitrogens with zero attached hydrogens (tertiary/aromatic N) is 1. The normalized spacial score (nSPS) is 10.6. The first kappa shape index (κ1) is 17.1. The molecule has 1 amide bonds. The van der Waals surface area contributed by atoms with Crippen molar-refractivity contribution in [3.05, 3.63) is 70.9 Å². The van der Waals surface area contributed by atoms with Crippen LogP contribution in [-0.2, 0) is 4.79 Å². The molecule has 0 unspecified atom stereocenters. The van der Waals surface area contributed by atoms with Crippen molar-refractivity contribution in [2.24, 2.45) is 0 Å². The number of carbonyl (C=O) groups is 2. The van der Waals surface area contributed by atoms with Gasteiger partial charge in [-0.3, -0.25) is 4.79 Å². The second-order valence-electron chi connectivity index (χ2n) is 4.66. The monoisotopic (exact) mass is 341 g/mol. The number of hydrogen-bond donors (Lipinski definition) is 3. The number of anilines is 2. The first-order chi connectivity index (χ1) is 11.5. The molecule has 0 aliphatic carbocycles. The van der Waals surface area contributed by atoms with Crippen LogP contribution in [0.4, 0.5) is 11.4 Å². The zero-order valence-electron chi connectivity index (χ0n) is 12.3. The number of carboxylic acid groups (broad SMARTS) is 1. The van der Waals surface area contributed by atoms with E-state index in [0.717, 1.165) is 0 Å². The van der Waals surface area contributed by atoms with E-state index < -0.39 is 11.9 Å². The molecule has 0 saturated heterocycles. The maximum absolute atomic E-state index is 12.1. The number of hydrogen-bond acceptors (Lipinski definition) is 4. The van der Waals surface area contributed by atoms with E-state index in [-0.39, 0.29) is 11.1 Å². The van der Waals surface area contributed by atoms with Gasteiger partial charge < -0.3 is 15.7 Å². The van der Waals surface area contributed by atoms with Crippen LogP contribution in [-0.4, -0.2) is 17.0 Å². The van der Waals surface area contributed by atoms with E-state index in [9.17, 15) is 9.59 Å². The predicted molar refractivity (Wildman–Crippen MR) is 90.8 cm³/mol. The Hall–Kier alpha value is -3.30. The SMILES string of the molecule is N#C/C(=C/Nc1cccc(Cl)c1)C(=O)Nc1ccc(C(=O)O)cc1. The van der Waals surface area contributed by atoms with Gasteiger partial charge in [-0.1, -0.05) is 17.7 Å². The molecule has 120 valence electrons. The molecule has 0 bridgehead atoms. The maximum Gasteiger partial charge on any atom is 0.335 e. The van der Waals surface area contributed by atoms with Crippen molar-refractivity contribution >= 4 is 34.9 Å². The van der Waals surface area contributed by atoms with E-state index in [1.54, 1.807) is 30.3 Å². The lowest BCUT2D eigenvalue weighted by molar-refractivity contribution is -0.112. The van der Waals surface area contributed by atoms with Crippen molar-refractivity contribution in [2.75, 3.05) is 10.6 Å². The second-order valence-corrected chi connectivity index (χ2v) is 5.10. The number of nitrogens with one attached hydrogen (secondary N) is 2. The minimum Gasteiger partial charge on any atom is -0.478 e. The average Bonchev–Trinajstić information content (AvgIpc) is 2.56. The summed E-state index contributed by atoms with van der Waals surface area (Å²) in [5.41, 5.74) is 0.978. The summed E-state index contributed by atoms with van der Waals surface area (Å²) >= 11 is 5.85. The summed E-state index contributed by atoms with van der Waals surface area (Å²) in [6.45, 7) is 0. The number of nitriles is 1. The molecule has 0 aliphatic rings. The summed E-state index contributed by atoms with van der Waals surface area (Å²) in [7, 11) is 0. The van der Waals surface area contributed by atoms with Gasteiger partial charge >= 0.3 is 5.97 Å². The van der Waals surface area contributed by atoms with E-state index in [0.29, 0.717) is 16.4 Å². The van der Waals surface area contributed by atoms with Gasteiger partial charge in [-0.2, -0.15) is 5.26 Å². The van der Waals surface area contributed by atoms with Gasteiger partial charge in [0, 0.05) is 22.6 Å². The first-order valence-electron chi connectivity index (χ1n) is 6.76. The van der Waals surface area contributed by atoms with E-state index in [2.05, 4.69) is 10.6 Å². The van der Waals surface area contributed by atoms with E-state index in [1.165, 1.54) is 30.5 Å². The molecular weight excluding hydrogens is 330 g/mol. The van der Waals surface area contributed by atoms with Crippen LogP contribution in [0, 0.1) is 11.3 Å². The van der Waals surface area contributed by atoms with E-state index in [4.69, 9.17) is 22.0 Å². The summed E-state index contributed by atoms with van der Waals surface area (Å²) < 4.78 is 0. The molecule has 0 aliphatic heterocycles. The topological polar surface area (TPSA) is 102 Å². The molecule has 0 saturated carbocycles. The highest BCUT2D eigenvalue weighted by Gasteiger charge is 2.10. The van der Waals surface area contributed by atoms with Crippen LogP contribution in [0.5, 0.6) is 0 Å². The highest BCUT2D eigenvalue weighted by Crippen LogP contribution is 2.15. The number of rotatable bonds is 5. The Morgan fingerprint density at radius 2 is 1.83 bits per heavy atom. The smallest absolute Gasteiger partial charge is 0.335 e. The van der Waals surface area contributed by atoms with Crippen LogP contribution in [0.1, 0.15) is 10.4 Å². The fraction of sp³-hybridized carbons (Fsp3) is 0. The van der Waals surface area contributed by atoms with E-state index in [1.807, 2.05) is 0 Å². The summed E-state index contributed by atoms with van der Waals surface area (Å²) in [6.07, 6.45) is 1.27. The second kappa shape index (κ2) is 7.81. The fourth-order valence-electron chi connectivity index (χ4n) is 1.78. The molecule has 24 heavy (non-hydrogen) atoms. The van der Waals surface area contributed by atoms with E-state index >= 15 is 0 Å². The molecule has 0 atom stereocenters. The van der Waals surface area contributed by atoms with Crippen LogP contribution in [0.15, 0.2) is 60.3 Å². The molecule has 6 nitrogen and oxygen atoms in total. The van der Waals surface area contributed by atoms with Crippen LogP contribution in [0.3, 0.4) is 0 Å². The summed E-state index contributed by atoms with van der Waals surface area (Å²) in [5, 5.41) is 23.8. The highest BCUT2D eigenvalue weighted by molar-refractivity contribution is 6.30.